The number of carbonyl (C=O) groups excluding carboxylic acids is 1. The van der Waals surface area contributed by atoms with Crippen LogP contribution >= 0.6 is 0 Å². The molecule has 1 amide bonds. The molecule has 1 aromatic heterocycles. The second kappa shape index (κ2) is 10.2. The number of nitrogens with two attached hydrogens (primary N) is 1. The second-order valence-corrected chi connectivity index (χ2v) is 7.31. The average molecular weight is 416 g/mol. The first-order valence-electron chi connectivity index (χ1n) is 9.87. The summed E-state index contributed by atoms with van der Waals surface area (Å²) in [6.45, 7) is 2.09. The Morgan fingerprint density at radius 1 is 1.23 bits per heavy atom. The van der Waals surface area contributed by atoms with Crippen molar-refractivity contribution >= 4 is 23.0 Å². The number of anilines is 2. The number of nitrogen functional groups attached to an aromatic ring is 1. The van der Waals surface area contributed by atoms with E-state index >= 15 is 0 Å². The highest BCUT2D eigenvalue weighted by molar-refractivity contribution is 6.48. The number of nitriles is 1. The van der Waals surface area contributed by atoms with Crippen LogP contribution in [-0.2, 0) is 17.9 Å². The first-order chi connectivity index (χ1) is 15.0. The van der Waals surface area contributed by atoms with Gasteiger partial charge in [-0.2, -0.15) is 10.4 Å². The van der Waals surface area contributed by atoms with E-state index in [-0.39, 0.29) is 5.71 Å². The summed E-state index contributed by atoms with van der Waals surface area (Å²) in [5.74, 6) is -0.540. The van der Waals surface area contributed by atoms with E-state index in [1.807, 2.05) is 19.2 Å². The van der Waals surface area contributed by atoms with Gasteiger partial charge in [0.15, 0.2) is 0 Å². The fourth-order valence-corrected chi connectivity index (χ4v) is 3.12. The van der Waals surface area contributed by atoms with Crippen LogP contribution in [0.3, 0.4) is 0 Å². The predicted molar refractivity (Wildman–Crippen MR) is 121 cm³/mol. The van der Waals surface area contributed by atoms with E-state index in [1.54, 1.807) is 41.3 Å². The molecule has 0 aliphatic carbocycles. The third kappa shape index (κ3) is 6.01. The van der Waals surface area contributed by atoms with E-state index in [2.05, 4.69) is 33.5 Å². The molecule has 31 heavy (non-hydrogen) atoms. The van der Waals surface area contributed by atoms with Crippen molar-refractivity contribution in [3.8, 4) is 6.07 Å². The zero-order chi connectivity index (χ0) is 22.2. The van der Waals surface area contributed by atoms with Crippen molar-refractivity contribution < 1.29 is 4.79 Å². The van der Waals surface area contributed by atoms with Crippen LogP contribution in [0.2, 0.25) is 0 Å². The molecule has 0 spiro atoms. The Morgan fingerprint density at radius 2 is 1.94 bits per heavy atom. The molecule has 0 bridgehead atoms. The minimum Gasteiger partial charge on any atom is -0.398 e. The second-order valence-electron chi connectivity index (χ2n) is 7.31. The Hall–Kier alpha value is -3.96. The molecule has 0 unspecified atom stereocenters. The zero-order valence-corrected chi connectivity index (χ0v) is 17.4. The van der Waals surface area contributed by atoms with Crippen LogP contribution in [0.25, 0.3) is 0 Å². The number of hydrogen-bond acceptors (Lipinski definition) is 6. The fraction of sp³-hybridized carbons (Fsp3) is 0.217. The van der Waals surface area contributed by atoms with Gasteiger partial charge in [-0.3, -0.25) is 14.9 Å². The smallest absolute Gasteiger partial charge is 0.274 e. The van der Waals surface area contributed by atoms with Gasteiger partial charge < -0.3 is 16.0 Å². The zero-order valence-electron chi connectivity index (χ0n) is 17.4. The molecule has 0 aliphatic rings. The molecule has 4 N–H and O–H groups in total. The van der Waals surface area contributed by atoms with Gasteiger partial charge in [-0.05, 0) is 24.2 Å². The largest absolute Gasteiger partial charge is 0.398 e. The Kier molecular flexibility index (Phi) is 7.14. The maximum atomic E-state index is 12.4. The van der Waals surface area contributed by atoms with E-state index in [4.69, 9.17) is 16.4 Å². The number of hydrogen-bond donors (Lipinski definition) is 3. The lowest BCUT2D eigenvalue weighted by Crippen LogP contribution is -2.23. The van der Waals surface area contributed by atoms with E-state index in [1.165, 1.54) is 5.56 Å². The summed E-state index contributed by atoms with van der Waals surface area (Å²) in [5.41, 5.74) is 9.21. The van der Waals surface area contributed by atoms with Crippen molar-refractivity contribution in [1.29, 1.82) is 10.7 Å². The summed E-state index contributed by atoms with van der Waals surface area (Å²) in [6.07, 6.45) is 3.80. The molecule has 0 saturated heterocycles. The van der Waals surface area contributed by atoms with Crippen LogP contribution in [-0.4, -0.2) is 39.9 Å². The number of amides is 1. The van der Waals surface area contributed by atoms with Gasteiger partial charge in [0.05, 0.1) is 24.5 Å². The van der Waals surface area contributed by atoms with Crippen molar-refractivity contribution in [2.75, 3.05) is 24.6 Å². The maximum absolute atomic E-state index is 12.4. The van der Waals surface area contributed by atoms with Gasteiger partial charge in [0.2, 0.25) is 0 Å². The molecule has 2 aromatic carbocycles. The molecule has 0 fully saturated rings. The van der Waals surface area contributed by atoms with Crippen LogP contribution in [0.15, 0.2) is 60.9 Å². The molecule has 0 atom stereocenters. The number of nitrogens with one attached hydrogen (secondary N) is 2. The maximum Gasteiger partial charge on any atom is 0.274 e. The van der Waals surface area contributed by atoms with Gasteiger partial charge in [-0.1, -0.05) is 42.5 Å². The monoisotopic (exact) mass is 415 g/mol. The number of para-hydroxylation sites is 1. The molecule has 1 heterocycles. The predicted octanol–water partition coefficient (Wildman–Crippen LogP) is 2.87. The molecular formula is C23H25N7O. The molecule has 158 valence electrons. The minimum atomic E-state index is -0.540. The first-order valence-corrected chi connectivity index (χ1v) is 9.87. The van der Waals surface area contributed by atoms with E-state index in [0.29, 0.717) is 29.9 Å². The quantitative estimate of drug-likeness (QED) is 0.366. The van der Waals surface area contributed by atoms with Gasteiger partial charge >= 0.3 is 0 Å². The molecule has 8 nitrogen and oxygen atoms in total. The van der Waals surface area contributed by atoms with Crippen LogP contribution < -0.4 is 11.1 Å². The van der Waals surface area contributed by atoms with Gasteiger partial charge in [0, 0.05) is 37.0 Å². The highest BCUT2D eigenvalue weighted by Crippen LogP contribution is 2.14. The molecule has 0 radical (unpaired) electrons. The highest BCUT2D eigenvalue weighted by atomic mass is 16.1. The first kappa shape index (κ1) is 21.7. The molecule has 0 aliphatic heterocycles. The summed E-state index contributed by atoms with van der Waals surface area (Å²) in [7, 11) is 2.00. The third-order valence-corrected chi connectivity index (χ3v) is 4.77. The Morgan fingerprint density at radius 3 is 2.65 bits per heavy atom. The van der Waals surface area contributed by atoms with Gasteiger partial charge in [-0.25, -0.2) is 0 Å². The van der Waals surface area contributed by atoms with Crippen molar-refractivity contribution in [2.45, 2.75) is 19.5 Å². The molecule has 8 heteroatoms. The van der Waals surface area contributed by atoms with Crippen LogP contribution in [0.4, 0.5) is 11.4 Å². The van der Waals surface area contributed by atoms with E-state index in [0.717, 1.165) is 18.7 Å². The van der Waals surface area contributed by atoms with Crippen LogP contribution in [0.5, 0.6) is 0 Å². The van der Waals surface area contributed by atoms with Crippen molar-refractivity contribution in [3.05, 3.63) is 77.6 Å². The van der Waals surface area contributed by atoms with Gasteiger partial charge in [-0.15, -0.1) is 0 Å². The summed E-state index contributed by atoms with van der Waals surface area (Å²) < 4.78 is 1.73. The highest BCUT2D eigenvalue weighted by Gasteiger charge is 2.15. The fourth-order valence-electron chi connectivity index (χ4n) is 3.12. The number of carbonyl (C=O) groups is 1. The molecule has 0 saturated carbocycles. The van der Waals surface area contributed by atoms with Gasteiger partial charge in [0.25, 0.3) is 5.91 Å². The topological polar surface area (TPSA) is 124 Å². The standard InChI is InChI=1S/C23H25N7O/c1-29(12-4-11-24)14-17-7-9-18(10-8-17)15-30-16-19(13-27-30)28-23(31)22(26)20-5-2-3-6-21(20)25/h2-3,5-10,13,16,26H,4,12,14-15,25H2,1H3,(H,28,31). The summed E-state index contributed by atoms with van der Waals surface area (Å²) in [5, 5.41) is 23.7. The molecular weight excluding hydrogens is 390 g/mol. The van der Waals surface area contributed by atoms with Crippen LogP contribution in [0, 0.1) is 16.7 Å². The Labute approximate surface area is 181 Å². The molecule has 3 rings (SSSR count). The Balaban J connectivity index is 1.56. The summed E-state index contributed by atoms with van der Waals surface area (Å²) in [6, 6.07) is 17.2. The average Bonchev–Trinajstić information content (AvgIpc) is 3.20. The summed E-state index contributed by atoms with van der Waals surface area (Å²) in [4.78, 5) is 14.5. The number of benzene rings is 2. The molecule has 3 aromatic rings. The lowest BCUT2D eigenvalue weighted by molar-refractivity contribution is -0.110. The summed E-state index contributed by atoms with van der Waals surface area (Å²) >= 11 is 0. The van der Waals surface area contributed by atoms with E-state index in [9.17, 15) is 4.79 Å². The van der Waals surface area contributed by atoms with Crippen LogP contribution in [0.1, 0.15) is 23.1 Å². The van der Waals surface area contributed by atoms with Gasteiger partial charge in [0.1, 0.15) is 5.71 Å². The van der Waals surface area contributed by atoms with Crippen molar-refractivity contribution in [3.63, 3.8) is 0 Å². The Bertz CT molecular complexity index is 1100. The lowest BCUT2D eigenvalue weighted by Gasteiger charge is -2.15. The number of rotatable bonds is 9. The normalized spacial score (nSPS) is 10.6. The van der Waals surface area contributed by atoms with Crippen molar-refractivity contribution in [1.82, 2.24) is 14.7 Å². The number of nitrogens with zero attached hydrogens (tertiary/aromatic N) is 4. The third-order valence-electron chi connectivity index (χ3n) is 4.77. The van der Waals surface area contributed by atoms with Crippen molar-refractivity contribution in [2.24, 2.45) is 0 Å². The minimum absolute atomic E-state index is 0.193. The number of aromatic nitrogens is 2. The van der Waals surface area contributed by atoms with E-state index < -0.39 is 5.91 Å². The SMILES string of the molecule is CN(CCC#N)Cc1ccc(Cn2cc(NC(=O)C(=N)c3ccccc3N)cn2)cc1. The lowest BCUT2D eigenvalue weighted by atomic mass is 10.1.